The second kappa shape index (κ2) is 23.4. The molecule has 0 unspecified atom stereocenters. The summed E-state index contributed by atoms with van der Waals surface area (Å²) < 4.78 is 144. The molecule has 23 heteroatoms. The van der Waals surface area contributed by atoms with Gasteiger partial charge in [-0.3, -0.25) is 4.79 Å². The Morgan fingerprint density at radius 1 is 0.723 bits per heavy atom. The minimum atomic E-state index is -4.85. The molecule has 2 aliphatic heterocycles. The van der Waals surface area contributed by atoms with Crippen molar-refractivity contribution in [3.05, 3.63) is 113 Å². The monoisotopic (exact) mass is 1000 g/mol. The number of carboxylic acids is 1. The first-order valence-corrected chi connectivity index (χ1v) is 25.5. The zero-order valence-electron chi connectivity index (χ0n) is 37.4. The zero-order valence-corrected chi connectivity index (χ0v) is 46.7. The third kappa shape index (κ3) is 15.5. The third-order valence-corrected chi connectivity index (χ3v) is 14.3. The Balaban J connectivity index is 0.00000484. The fourth-order valence-electron chi connectivity index (χ4n) is 8.00. The summed E-state index contributed by atoms with van der Waals surface area (Å²) in [5, 5.41) is 9.12. The van der Waals surface area contributed by atoms with Crippen molar-refractivity contribution in [2.45, 2.75) is 86.8 Å². The van der Waals surface area contributed by atoms with Crippen LogP contribution >= 0.6 is 0 Å². The van der Waals surface area contributed by atoms with Crippen molar-refractivity contribution >= 4 is 69.1 Å². The Labute approximate surface area is 448 Å². The number of allylic oxidation sites excluding steroid dienone is 6. The molecule has 16 nitrogen and oxygen atoms in total. The van der Waals surface area contributed by atoms with Gasteiger partial charge in [0.05, 0.1) is 35.4 Å². The molecule has 0 radical (unpaired) electrons. The molecule has 2 heterocycles. The number of carbonyl (C=O) groups is 1. The average molecular weight is 1000 g/mol. The van der Waals surface area contributed by atoms with Crippen molar-refractivity contribution < 1.29 is 155 Å². The van der Waals surface area contributed by atoms with Crippen molar-refractivity contribution in [3.63, 3.8) is 0 Å². The van der Waals surface area contributed by atoms with Gasteiger partial charge >= 0.3 is 94.6 Å². The molecule has 0 aliphatic carbocycles. The minimum absolute atomic E-state index is 0. The summed E-state index contributed by atoms with van der Waals surface area (Å²) in [6.07, 6.45) is 8.54. The van der Waals surface area contributed by atoms with E-state index in [-0.39, 0.29) is 121 Å². The number of aryl methyl sites for hydroxylation is 1. The van der Waals surface area contributed by atoms with E-state index in [1.165, 1.54) is 24.3 Å². The van der Waals surface area contributed by atoms with Gasteiger partial charge in [-0.2, -0.15) is 4.58 Å². The van der Waals surface area contributed by atoms with E-state index in [2.05, 4.69) is 0 Å². The van der Waals surface area contributed by atoms with Gasteiger partial charge in [0.25, 0.3) is 0 Å². The summed E-state index contributed by atoms with van der Waals surface area (Å²) in [7, 11) is -18.9. The molecular weight excluding hydrogens is 954 g/mol. The van der Waals surface area contributed by atoms with Crippen LogP contribution in [0.2, 0.25) is 0 Å². The number of anilines is 1. The molecule has 336 valence electrons. The summed E-state index contributed by atoms with van der Waals surface area (Å²) in [6.45, 7) is 7.28. The standard InChI is InChI=1S/C42H50N2O14S4.3Na/c1-41(2)34-27-32(61(53,54)55)16-18-36(34)43(22-8-24-59(47,48)49)38(41)20-14-30(31-12-7-11-29(26-31)10-5-6-13-40(45)46)15-21-39-42(3,4)35-28-33(62(56,57)58)17-19-37(35)44(39)23-9-25-60(50,51)52;;;/h7,11-12,14-21,26-28H,5-6,8-10,13,22-25H2,1-4H3,(H4-,45,46,47,48,49,50,51,52,53,54,55,56,57,58);;;/q;3*+1/p-3. The van der Waals surface area contributed by atoms with Crippen molar-refractivity contribution in [1.29, 1.82) is 0 Å². The Kier molecular flexibility index (Phi) is 21.4. The van der Waals surface area contributed by atoms with E-state index in [4.69, 9.17) is 5.11 Å². The fourth-order valence-corrected chi connectivity index (χ4v) is 9.96. The van der Waals surface area contributed by atoms with Crippen molar-refractivity contribution in [2.75, 3.05) is 29.5 Å². The molecule has 3 aromatic rings. The third-order valence-electron chi connectivity index (χ3n) is 11.1. The van der Waals surface area contributed by atoms with Crippen LogP contribution in [0.4, 0.5) is 11.4 Å². The van der Waals surface area contributed by atoms with Gasteiger partial charge in [0.15, 0.2) is 5.71 Å². The van der Waals surface area contributed by atoms with Crippen LogP contribution in [0.1, 0.15) is 82.1 Å². The second-order valence-electron chi connectivity index (χ2n) is 16.2. The maximum absolute atomic E-state index is 12.1. The van der Waals surface area contributed by atoms with E-state index in [0.717, 1.165) is 17.7 Å². The molecule has 0 fully saturated rings. The molecule has 2 aliphatic rings. The predicted molar refractivity (Wildman–Crippen MR) is 227 cm³/mol. The quantitative estimate of drug-likeness (QED) is 0.0393. The molecule has 0 aromatic heterocycles. The normalized spacial score (nSPS) is 16.5. The van der Waals surface area contributed by atoms with Gasteiger partial charge in [-0.05, 0) is 104 Å². The van der Waals surface area contributed by atoms with Gasteiger partial charge in [0, 0.05) is 65.4 Å². The number of nitrogens with zero attached hydrogens (tertiary/aromatic N) is 2. The van der Waals surface area contributed by atoms with E-state index in [0.29, 0.717) is 64.3 Å². The summed E-state index contributed by atoms with van der Waals surface area (Å²) in [5.74, 6) is -2.24. The molecule has 65 heavy (non-hydrogen) atoms. The van der Waals surface area contributed by atoms with Crippen LogP contribution < -0.4 is 93.6 Å². The Bertz CT molecular complexity index is 2860. The van der Waals surface area contributed by atoms with Crippen LogP contribution in [0, 0.1) is 0 Å². The van der Waals surface area contributed by atoms with Crippen LogP contribution in [0.25, 0.3) is 5.57 Å². The predicted octanol–water partition coefficient (Wildman–Crippen LogP) is -4.13. The van der Waals surface area contributed by atoms with Gasteiger partial charge in [-0.15, -0.1) is 0 Å². The van der Waals surface area contributed by atoms with Crippen molar-refractivity contribution in [2.24, 2.45) is 0 Å². The Hall–Kier alpha value is -1.54. The number of hydrogen-bond donors (Lipinski definition) is 1. The first-order chi connectivity index (χ1) is 28.6. The average Bonchev–Trinajstić information content (AvgIpc) is 3.49. The number of carboxylic acid groups (broad SMARTS) is 1. The summed E-state index contributed by atoms with van der Waals surface area (Å²) in [4.78, 5) is 12.0. The molecule has 3 aromatic carbocycles. The number of aliphatic carboxylic acids is 1. The van der Waals surface area contributed by atoms with Crippen LogP contribution in [0.15, 0.2) is 100 Å². The molecule has 0 saturated heterocycles. The first-order valence-electron chi connectivity index (χ1n) is 19.5. The number of benzene rings is 3. The molecule has 0 saturated carbocycles. The molecule has 0 spiro atoms. The second-order valence-corrected chi connectivity index (χ2v) is 22.1. The maximum atomic E-state index is 12.1. The summed E-state index contributed by atoms with van der Waals surface area (Å²) >= 11 is 0. The molecule has 0 amide bonds. The SMILES string of the molecule is CC1(C)C(/C=C/C(=C/C=C2/N(CCCS(=O)(=O)[O-])c3ccc(S(=O)(=O)[O-])cc3C2(C)C)c2cccc(CCCCC(=O)O)c2)=[N+](CCCS(=O)(=O)[O-])c2ccc(S(=O)(=O)[O-])cc21.[Na+].[Na+].[Na+]. The van der Waals surface area contributed by atoms with Crippen LogP contribution in [-0.4, -0.2) is 97.8 Å². The van der Waals surface area contributed by atoms with Gasteiger partial charge in [0.2, 0.25) is 5.69 Å². The Morgan fingerprint density at radius 3 is 1.89 bits per heavy atom. The first kappa shape index (κ1) is 59.6. The minimum Gasteiger partial charge on any atom is -0.748 e. The Morgan fingerprint density at radius 2 is 1.31 bits per heavy atom. The fraction of sp³-hybridized carbons (Fsp3) is 0.381. The zero-order chi connectivity index (χ0) is 46.1. The number of rotatable bonds is 19. The van der Waals surface area contributed by atoms with Gasteiger partial charge < -0.3 is 28.2 Å². The number of hydrogen-bond acceptors (Lipinski definition) is 14. The topological polar surface area (TPSA) is 272 Å². The van der Waals surface area contributed by atoms with Crippen molar-refractivity contribution in [3.8, 4) is 0 Å². The van der Waals surface area contributed by atoms with E-state index in [9.17, 15) is 56.7 Å². The number of fused-ring (bicyclic) bond motifs is 2. The van der Waals surface area contributed by atoms with E-state index in [1.807, 2.05) is 24.3 Å². The van der Waals surface area contributed by atoms with E-state index < -0.39 is 78.6 Å². The smallest absolute Gasteiger partial charge is 0.748 e. The van der Waals surface area contributed by atoms with Gasteiger partial charge in [0.1, 0.15) is 26.8 Å². The maximum Gasteiger partial charge on any atom is 1.00 e. The van der Waals surface area contributed by atoms with E-state index >= 15 is 0 Å². The van der Waals surface area contributed by atoms with Crippen LogP contribution in [0.5, 0.6) is 0 Å². The molecule has 0 bridgehead atoms. The molecule has 0 atom stereocenters. The molecule has 5 rings (SSSR count). The van der Waals surface area contributed by atoms with Gasteiger partial charge in [-0.25, -0.2) is 33.7 Å². The largest absolute Gasteiger partial charge is 1.00 e. The van der Waals surface area contributed by atoms with Crippen molar-refractivity contribution in [1.82, 2.24) is 0 Å². The summed E-state index contributed by atoms with van der Waals surface area (Å²) in [5.41, 5.74) is 3.33. The van der Waals surface area contributed by atoms with Gasteiger partial charge in [-0.1, -0.05) is 44.2 Å². The summed E-state index contributed by atoms with van der Waals surface area (Å²) in [6, 6.07) is 15.3. The number of unbranched alkanes of at least 4 members (excludes halogenated alkanes) is 1. The van der Waals surface area contributed by atoms with Crippen LogP contribution in [-0.2, 0) is 62.5 Å². The van der Waals surface area contributed by atoms with Crippen LogP contribution in [0.3, 0.4) is 0 Å². The molecular formula is C42H47N2Na3O14S4. The van der Waals surface area contributed by atoms with E-state index in [1.54, 1.807) is 61.5 Å². The molecule has 1 N–H and O–H groups in total.